The molecule has 0 aliphatic heterocycles. The first-order valence-corrected chi connectivity index (χ1v) is 9.18. The van der Waals surface area contributed by atoms with Gasteiger partial charge in [0.05, 0.1) is 5.57 Å². The third-order valence-electron chi connectivity index (χ3n) is 4.77. The van der Waals surface area contributed by atoms with Gasteiger partial charge in [0.15, 0.2) is 0 Å². The minimum absolute atomic E-state index is 0.185. The van der Waals surface area contributed by atoms with E-state index in [9.17, 15) is 18.0 Å². The molecule has 0 bridgehead atoms. The molecule has 0 aromatic rings. The van der Waals surface area contributed by atoms with E-state index in [0.717, 1.165) is 28.3 Å². The maximum Gasteiger partial charge on any atom is 0.417 e. The Labute approximate surface area is 164 Å². The van der Waals surface area contributed by atoms with Crippen LogP contribution in [0.1, 0.15) is 48.9 Å². The van der Waals surface area contributed by atoms with Crippen LogP contribution in [-0.2, 0) is 4.79 Å². The molecule has 0 N–H and O–H groups in total. The maximum absolute atomic E-state index is 13.9. The highest BCUT2D eigenvalue weighted by molar-refractivity contribution is 5.90. The van der Waals surface area contributed by atoms with Crippen LogP contribution in [0.4, 0.5) is 13.2 Å². The number of rotatable bonds is 5. The van der Waals surface area contributed by atoms with Crippen molar-refractivity contribution < 1.29 is 18.0 Å². The molecule has 4 heteroatoms. The lowest BCUT2D eigenvalue weighted by Crippen LogP contribution is -2.10. The van der Waals surface area contributed by atoms with Gasteiger partial charge in [0.2, 0.25) is 0 Å². The van der Waals surface area contributed by atoms with Crippen molar-refractivity contribution in [2.45, 2.75) is 46.7 Å². The zero-order valence-electron chi connectivity index (χ0n) is 16.8. The molecule has 0 heterocycles. The zero-order valence-corrected chi connectivity index (χ0v) is 16.8. The van der Waals surface area contributed by atoms with Crippen molar-refractivity contribution in [3.8, 4) is 11.1 Å². The van der Waals surface area contributed by atoms with Crippen molar-refractivity contribution in [2.24, 2.45) is 0 Å². The minimum atomic E-state index is -4.50. The van der Waals surface area contributed by atoms with Crippen molar-refractivity contribution >= 4 is 11.9 Å². The van der Waals surface area contributed by atoms with Gasteiger partial charge in [-0.05, 0) is 77.8 Å². The Balaban J connectivity index is 2.70. The molecule has 0 spiro atoms. The van der Waals surface area contributed by atoms with Crippen LogP contribution in [0.25, 0.3) is 16.7 Å². The third-order valence-corrected chi connectivity index (χ3v) is 4.77. The monoisotopic (exact) mass is 386 g/mol. The summed E-state index contributed by atoms with van der Waals surface area (Å²) < 4.78 is 41.6. The molecule has 0 aromatic heterocycles. The van der Waals surface area contributed by atoms with Crippen LogP contribution in [0.15, 0.2) is 54.1 Å². The first kappa shape index (κ1) is 21.7. The largest absolute Gasteiger partial charge is 0.417 e. The first-order valence-electron chi connectivity index (χ1n) is 9.18. The Morgan fingerprint density at radius 3 is 2.29 bits per heavy atom. The Bertz CT molecular complexity index is 928. The van der Waals surface area contributed by atoms with Crippen LogP contribution >= 0.6 is 0 Å². The highest BCUT2D eigenvalue weighted by Gasteiger charge is 2.37. The minimum Gasteiger partial charge on any atom is -0.299 e. The van der Waals surface area contributed by atoms with E-state index >= 15 is 0 Å². The zero-order chi connectivity index (χ0) is 21.1. The van der Waals surface area contributed by atoms with E-state index < -0.39 is 11.7 Å². The summed E-state index contributed by atoms with van der Waals surface area (Å²) in [5, 5.41) is 0. The molecular formula is C24H25F3O. The number of halogens is 3. The van der Waals surface area contributed by atoms with E-state index in [1.807, 2.05) is 32.0 Å². The lowest BCUT2D eigenvalue weighted by Gasteiger charge is -2.13. The van der Waals surface area contributed by atoms with Gasteiger partial charge in [-0.15, -0.1) is 0 Å². The Morgan fingerprint density at radius 2 is 1.71 bits per heavy atom. The molecule has 0 atom stereocenters. The number of carbonyl (C=O) groups is 1. The molecule has 0 unspecified atom stereocenters. The molecule has 0 aromatic carbocycles. The summed E-state index contributed by atoms with van der Waals surface area (Å²) in [4.78, 5) is 10.5. The molecule has 148 valence electrons. The summed E-state index contributed by atoms with van der Waals surface area (Å²) in [6.45, 7) is 9.48. The van der Waals surface area contributed by atoms with Gasteiger partial charge >= 0.3 is 6.18 Å². The summed E-state index contributed by atoms with van der Waals surface area (Å²) in [6.07, 6.45) is 1.31. The van der Waals surface area contributed by atoms with Crippen LogP contribution < -0.4 is 0 Å². The number of hydrogen-bond donors (Lipinski definition) is 0. The topological polar surface area (TPSA) is 17.1 Å². The van der Waals surface area contributed by atoms with Gasteiger partial charge < -0.3 is 0 Å². The molecule has 2 rings (SSSR count). The summed E-state index contributed by atoms with van der Waals surface area (Å²) >= 11 is 0. The predicted molar refractivity (Wildman–Crippen MR) is 110 cm³/mol. The van der Waals surface area contributed by atoms with Gasteiger partial charge in [0.25, 0.3) is 0 Å². The molecule has 1 nitrogen and oxygen atoms in total. The SMILES string of the molecule is CC(/C=C/C=C(\c1cc(C)c2cc(C(C)C)ccc(C)c1-2)C(F)(F)F)=C\C=O. The molecule has 2 aliphatic rings. The number of aryl methyl sites for hydroxylation is 2. The normalized spacial score (nSPS) is 13.8. The third kappa shape index (κ3) is 4.80. The van der Waals surface area contributed by atoms with E-state index in [4.69, 9.17) is 0 Å². The highest BCUT2D eigenvalue weighted by Crippen LogP contribution is 2.44. The second-order valence-electron chi connectivity index (χ2n) is 7.33. The second kappa shape index (κ2) is 8.59. The summed E-state index contributed by atoms with van der Waals surface area (Å²) in [7, 11) is 0. The fourth-order valence-corrected chi connectivity index (χ4v) is 3.21. The first-order chi connectivity index (χ1) is 13.1. The molecule has 0 amide bonds. The standard InChI is InChI=1S/C24H25F3O/c1-15(2)19-10-9-17(4)23-20(14-19)18(5)13-21(23)22(24(25,26)27)8-6-7-16(3)11-12-28/h6-15H,1-5H3/b7-6+,16-11+,22-8+. The number of fused-ring (bicyclic) bond motifs is 1. The number of aldehydes is 1. The quantitative estimate of drug-likeness (QED) is 0.302. The fraction of sp³-hybridized carbons (Fsp3) is 0.292. The van der Waals surface area contributed by atoms with E-state index in [0.29, 0.717) is 17.4 Å². The average molecular weight is 386 g/mol. The molecule has 2 aliphatic carbocycles. The van der Waals surface area contributed by atoms with Gasteiger partial charge in [-0.1, -0.05) is 50.3 Å². The molecule has 0 saturated heterocycles. The van der Waals surface area contributed by atoms with Gasteiger partial charge in [0, 0.05) is 0 Å². The number of hydrogen-bond acceptors (Lipinski definition) is 1. The van der Waals surface area contributed by atoms with E-state index in [1.165, 1.54) is 18.2 Å². The lowest BCUT2D eigenvalue weighted by atomic mass is 9.97. The van der Waals surface area contributed by atoms with Crippen molar-refractivity contribution in [3.63, 3.8) is 0 Å². The molecular weight excluding hydrogens is 361 g/mol. The van der Waals surface area contributed by atoms with Crippen LogP contribution in [-0.4, -0.2) is 12.5 Å². The van der Waals surface area contributed by atoms with Crippen LogP contribution in [0.2, 0.25) is 0 Å². The number of alkyl halides is 3. The fourth-order valence-electron chi connectivity index (χ4n) is 3.21. The average Bonchev–Trinajstić information content (AvgIpc) is 2.78. The van der Waals surface area contributed by atoms with Gasteiger partial charge in [-0.3, -0.25) is 4.79 Å². The second-order valence-corrected chi connectivity index (χ2v) is 7.33. The van der Waals surface area contributed by atoms with Crippen LogP contribution in [0, 0.1) is 13.8 Å². The van der Waals surface area contributed by atoms with Crippen LogP contribution in [0.3, 0.4) is 0 Å². The molecule has 0 fully saturated rings. The predicted octanol–water partition coefficient (Wildman–Crippen LogP) is 7.18. The summed E-state index contributed by atoms with van der Waals surface area (Å²) in [5.74, 6) is 0.279. The van der Waals surface area contributed by atoms with Gasteiger partial charge in [0.1, 0.15) is 6.29 Å². The van der Waals surface area contributed by atoms with Gasteiger partial charge in [-0.2, -0.15) is 13.2 Å². The Kier molecular flexibility index (Phi) is 6.65. The van der Waals surface area contributed by atoms with E-state index in [2.05, 4.69) is 13.8 Å². The van der Waals surface area contributed by atoms with Crippen molar-refractivity contribution in [1.82, 2.24) is 0 Å². The van der Waals surface area contributed by atoms with Crippen molar-refractivity contribution in [3.05, 3.63) is 76.4 Å². The van der Waals surface area contributed by atoms with Crippen LogP contribution in [0.5, 0.6) is 0 Å². The van der Waals surface area contributed by atoms with E-state index in [1.54, 1.807) is 13.0 Å². The molecule has 28 heavy (non-hydrogen) atoms. The van der Waals surface area contributed by atoms with E-state index in [-0.39, 0.29) is 11.5 Å². The number of allylic oxidation sites excluding steroid dienone is 6. The Hall–Kier alpha value is -2.62. The highest BCUT2D eigenvalue weighted by atomic mass is 19.4. The number of carbonyl (C=O) groups excluding carboxylic acids is 1. The summed E-state index contributed by atoms with van der Waals surface area (Å²) in [6, 6.07) is 7.48. The lowest BCUT2D eigenvalue weighted by molar-refractivity contribution is -0.104. The van der Waals surface area contributed by atoms with Crippen molar-refractivity contribution in [2.75, 3.05) is 0 Å². The molecule has 0 saturated carbocycles. The smallest absolute Gasteiger partial charge is 0.299 e. The molecule has 0 radical (unpaired) electrons. The Morgan fingerprint density at radius 1 is 1.04 bits per heavy atom. The van der Waals surface area contributed by atoms with Gasteiger partial charge in [-0.25, -0.2) is 0 Å². The maximum atomic E-state index is 13.9. The summed E-state index contributed by atoms with van der Waals surface area (Å²) in [5.41, 5.74) is 4.26. The van der Waals surface area contributed by atoms with Crippen molar-refractivity contribution in [1.29, 1.82) is 0 Å².